The maximum absolute atomic E-state index is 2.59. The van der Waals surface area contributed by atoms with Crippen LogP contribution in [0.5, 0.6) is 0 Å². The van der Waals surface area contributed by atoms with Gasteiger partial charge in [0.1, 0.15) is 0 Å². The number of benzene rings is 8. The number of nitrogens with zero attached hydrogens (tertiary/aromatic N) is 2. The lowest BCUT2D eigenvalue weighted by atomic mass is 9.79. The first-order chi connectivity index (χ1) is 26.3. The van der Waals surface area contributed by atoms with Gasteiger partial charge in [0.05, 0.1) is 11.2 Å². The summed E-state index contributed by atoms with van der Waals surface area (Å²) in [5, 5.41) is 7.41. The summed E-state index contributed by atoms with van der Waals surface area (Å²) < 4.78 is 0. The quantitative estimate of drug-likeness (QED) is 0.132. The van der Waals surface area contributed by atoms with Gasteiger partial charge in [0.2, 0.25) is 0 Å². The Labute approximate surface area is 321 Å². The van der Waals surface area contributed by atoms with Crippen molar-refractivity contribution in [1.82, 2.24) is 0 Å². The molecule has 268 valence electrons. The Balaban J connectivity index is 1.29. The van der Waals surface area contributed by atoms with Crippen LogP contribution in [-0.2, 0) is 11.0 Å². The normalized spacial score (nSPS) is 12.9. The molecule has 54 heavy (non-hydrogen) atoms. The van der Waals surface area contributed by atoms with Crippen LogP contribution in [0.15, 0.2) is 176 Å². The monoisotopic (exact) mass is 702 g/mol. The summed E-state index contributed by atoms with van der Waals surface area (Å²) in [5.74, 6) is 0. The molecule has 0 aromatic heterocycles. The predicted octanol–water partition coefficient (Wildman–Crippen LogP) is 15.2. The highest BCUT2D eigenvalue weighted by atomic mass is 15.2. The summed E-state index contributed by atoms with van der Waals surface area (Å²) in [6.07, 6.45) is 3.15. The molecular weight excluding hydrogens is 653 g/mol. The molecule has 0 bridgehead atoms. The Morgan fingerprint density at radius 1 is 0.426 bits per heavy atom. The average Bonchev–Trinajstić information content (AvgIpc) is 3.22. The lowest BCUT2D eigenvalue weighted by Gasteiger charge is -2.44. The van der Waals surface area contributed by atoms with Crippen molar-refractivity contribution in [2.24, 2.45) is 0 Å². The van der Waals surface area contributed by atoms with Crippen molar-refractivity contribution < 1.29 is 0 Å². The average molecular weight is 703 g/mol. The van der Waals surface area contributed by atoms with Gasteiger partial charge in [-0.1, -0.05) is 155 Å². The fourth-order valence-corrected chi connectivity index (χ4v) is 8.29. The molecule has 0 heterocycles. The number of fused-ring (bicyclic) bond motifs is 3. The van der Waals surface area contributed by atoms with Gasteiger partial charge >= 0.3 is 0 Å². The topological polar surface area (TPSA) is 6.48 Å². The third kappa shape index (κ3) is 6.51. The molecule has 1 unspecified atom stereocenters. The zero-order valence-corrected chi connectivity index (χ0v) is 32.3. The van der Waals surface area contributed by atoms with Crippen LogP contribution < -0.4 is 9.80 Å². The number of hydrogen-bond acceptors (Lipinski definition) is 2. The highest BCUT2D eigenvalue weighted by Gasteiger charge is 2.35. The van der Waals surface area contributed by atoms with Crippen molar-refractivity contribution in [3.8, 4) is 0 Å². The molecule has 1 atom stereocenters. The molecule has 0 aliphatic rings. The van der Waals surface area contributed by atoms with Gasteiger partial charge in [-0.2, -0.15) is 0 Å². The van der Waals surface area contributed by atoms with E-state index in [0.717, 1.165) is 36.3 Å². The van der Waals surface area contributed by atoms with E-state index in [0.29, 0.717) is 0 Å². The van der Waals surface area contributed by atoms with Gasteiger partial charge < -0.3 is 9.80 Å². The van der Waals surface area contributed by atoms with Gasteiger partial charge in [-0.3, -0.25) is 0 Å². The molecule has 0 N–H and O–H groups in total. The van der Waals surface area contributed by atoms with Crippen LogP contribution in [0.3, 0.4) is 0 Å². The minimum atomic E-state index is -0.304. The summed E-state index contributed by atoms with van der Waals surface area (Å²) in [5.41, 5.74) is 8.31. The van der Waals surface area contributed by atoms with Crippen molar-refractivity contribution in [3.63, 3.8) is 0 Å². The highest BCUT2D eigenvalue weighted by molar-refractivity contribution is 6.00. The minimum absolute atomic E-state index is 0.133. The van der Waals surface area contributed by atoms with Gasteiger partial charge in [0, 0.05) is 28.1 Å². The van der Waals surface area contributed by atoms with Crippen LogP contribution >= 0.6 is 0 Å². The molecule has 0 aliphatic heterocycles. The molecule has 2 heteroatoms. The van der Waals surface area contributed by atoms with E-state index >= 15 is 0 Å². The molecule has 0 amide bonds. The molecule has 2 nitrogen and oxygen atoms in total. The minimum Gasteiger partial charge on any atom is -0.331 e. The molecule has 0 fully saturated rings. The van der Waals surface area contributed by atoms with E-state index in [1.165, 1.54) is 54.8 Å². The van der Waals surface area contributed by atoms with Gasteiger partial charge in [-0.05, 0) is 118 Å². The molecule has 8 rings (SSSR count). The molecule has 0 radical (unpaired) electrons. The Morgan fingerprint density at radius 2 is 0.926 bits per heavy atom. The van der Waals surface area contributed by atoms with Gasteiger partial charge in [-0.25, -0.2) is 0 Å². The standard InChI is InChI=1S/C52H50N2/c1-6-35-52(5,44-27-25-43(26-28-44)51(3,4)7-2)54(48-30-24-39-16-9-11-19-42(39)37-48)46-33-31-45(32-34-46)53(47-29-23-38-15-8-10-18-41(38)36-47)50-22-14-20-40-17-12-13-21-49(40)50/h8-34,36-37H,6-7,35H2,1-5H3. The smallest absolute Gasteiger partial charge is 0.0674 e. The predicted molar refractivity (Wildman–Crippen MR) is 234 cm³/mol. The first-order valence-corrected chi connectivity index (χ1v) is 19.6. The van der Waals surface area contributed by atoms with Crippen molar-refractivity contribution in [2.45, 2.75) is 64.8 Å². The van der Waals surface area contributed by atoms with Crippen molar-refractivity contribution in [1.29, 1.82) is 0 Å². The van der Waals surface area contributed by atoms with Gasteiger partial charge in [0.15, 0.2) is 0 Å². The SMILES string of the molecule is CCCC(C)(c1ccc(C(C)(C)CC)cc1)N(c1ccc(N(c2ccc3ccccc3c2)c2cccc3ccccc23)cc1)c1ccc2ccccc2c1. The summed E-state index contributed by atoms with van der Waals surface area (Å²) in [7, 11) is 0. The number of hydrogen-bond donors (Lipinski definition) is 0. The maximum atomic E-state index is 2.59. The summed E-state index contributed by atoms with van der Waals surface area (Å²) in [6.45, 7) is 11.7. The Hall–Kier alpha value is -5.86. The van der Waals surface area contributed by atoms with E-state index in [2.05, 4.69) is 220 Å². The van der Waals surface area contributed by atoms with Crippen LogP contribution in [-0.4, -0.2) is 0 Å². The fourth-order valence-electron chi connectivity index (χ4n) is 8.29. The van der Waals surface area contributed by atoms with E-state index in [-0.39, 0.29) is 11.0 Å². The molecule has 0 aliphatic carbocycles. The van der Waals surface area contributed by atoms with E-state index in [1.54, 1.807) is 0 Å². The first kappa shape index (κ1) is 35.2. The number of anilines is 5. The van der Waals surface area contributed by atoms with Gasteiger partial charge in [0.25, 0.3) is 0 Å². The fraction of sp³-hybridized carbons (Fsp3) is 0.192. The van der Waals surface area contributed by atoms with Crippen molar-refractivity contribution in [2.75, 3.05) is 9.80 Å². The second kappa shape index (κ2) is 14.5. The molecule has 8 aromatic rings. The molecule has 0 saturated heterocycles. The molecule has 0 spiro atoms. The van der Waals surface area contributed by atoms with Crippen LogP contribution in [0.25, 0.3) is 32.3 Å². The van der Waals surface area contributed by atoms with Crippen molar-refractivity contribution in [3.05, 3.63) is 187 Å². The van der Waals surface area contributed by atoms with E-state index in [4.69, 9.17) is 0 Å². The van der Waals surface area contributed by atoms with Crippen LogP contribution in [0.1, 0.15) is 65.0 Å². The third-order valence-corrected chi connectivity index (χ3v) is 11.8. The Kier molecular flexibility index (Phi) is 9.46. The lowest BCUT2D eigenvalue weighted by molar-refractivity contribution is 0.435. The summed E-state index contributed by atoms with van der Waals surface area (Å²) >= 11 is 0. The molecule has 8 aromatic carbocycles. The largest absolute Gasteiger partial charge is 0.331 e. The molecule has 0 saturated carbocycles. The second-order valence-corrected chi connectivity index (χ2v) is 15.6. The van der Waals surface area contributed by atoms with Crippen LogP contribution in [0, 0.1) is 0 Å². The van der Waals surface area contributed by atoms with Gasteiger partial charge in [-0.15, -0.1) is 0 Å². The van der Waals surface area contributed by atoms with E-state index in [1.807, 2.05) is 0 Å². The Morgan fingerprint density at radius 3 is 1.56 bits per heavy atom. The van der Waals surface area contributed by atoms with E-state index < -0.39 is 0 Å². The van der Waals surface area contributed by atoms with Crippen molar-refractivity contribution >= 4 is 60.8 Å². The summed E-state index contributed by atoms with van der Waals surface area (Å²) in [6, 6.07) is 65.1. The second-order valence-electron chi connectivity index (χ2n) is 15.6. The highest BCUT2D eigenvalue weighted by Crippen LogP contribution is 2.46. The zero-order chi connectivity index (χ0) is 37.3. The van der Waals surface area contributed by atoms with Crippen LogP contribution in [0.4, 0.5) is 28.4 Å². The number of rotatable bonds is 11. The molecular formula is C52H50N2. The first-order valence-electron chi connectivity index (χ1n) is 19.6. The Bertz CT molecular complexity index is 2540. The lowest BCUT2D eigenvalue weighted by Crippen LogP contribution is -2.41. The third-order valence-electron chi connectivity index (χ3n) is 11.8. The van der Waals surface area contributed by atoms with E-state index in [9.17, 15) is 0 Å². The summed E-state index contributed by atoms with van der Waals surface area (Å²) in [4.78, 5) is 5.00. The van der Waals surface area contributed by atoms with Crippen LogP contribution in [0.2, 0.25) is 0 Å². The zero-order valence-electron chi connectivity index (χ0n) is 32.3. The maximum Gasteiger partial charge on any atom is 0.0674 e.